The molecule has 0 radical (unpaired) electrons. The van der Waals surface area contributed by atoms with Crippen LogP contribution in [0.15, 0.2) is 30.6 Å². The molecular formula is C11H18ClNO2. The number of pyridine rings is 1. The molecule has 1 heterocycles. The highest BCUT2D eigenvalue weighted by molar-refractivity contribution is 5.85. The van der Waals surface area contributed by atoms with Gasteiger partial charge in [-0.2, -0.15) is 0 Å². The van der Waals surface area contributed by atoms with Crippen LogP contribution in [0.25, 0.3) is 0 Å². The van der Waals surface area contributed by atoms with E-state index in [9.17, 15) is 0 Å². The Hall–Kier alpha value is -1.09. The maximum absolute atomic E-state index is 8.89. The van der Waals surface area contributed by atoms with Gasteiger partial charge in [0.05, 0.1) is 0 Å². The van der Waals surface area contributed by atoms with Crippen molar-refractivity contribution in [3.8, 4) is 0 Å². The first-order valence-electron chi connectivity index (χ1n) is 4.48. The Kier molecular flexibility index (Phi) is 7.88. The van der Waals surface area contributed by atoms with E-state index in [1.165, 1.54) is 0 Å². The van der Waals surface area contributed by atoms with Crippen LogP contribution < -0.4 is 9.67 Å². The van der Waals surface area contributed by atoms with Crippen LogP contribution in [0.2, 0.25) is 0 Å². The second kappa shape index (κ2) is 7.23. The van der Waals surface area contributed by atoms with E-state index in [1.54, 1.807) is 0 Å². The third-order valence-corrected chi connectivity index (χ3v) is 1.49. The molecule has 0 bridgehead atoms. The summed E-state index contributed by atoms with van der Waals surface area (Å²) in [4.78, 5) is 8.89. The van der Waals surface area contributed by atoms with Crippen LogP contribution in [0.5, 0.6) is 0 Å². The van der Waals surface area contributed by atoms with Gasteiger partial charge in [0.1, 0.15) is 0 Å². The number of halogens is 1. The van der Waals surface area contributed by atoms with Crippen molar-refractivity contribution in [3.05, 3.63) is 30.6 Å². The number of aromatic nitrogens is 1. The fourth-order valence-electron chi connectivity index (χ4n) is 0.846. The first-order valence-corrected chi connectivity index (χ1v) is 4.48. The van der Waals surface area contributed by atoms with E-state index in [-0.39, 0.29) is 17.9 Å². The molecule has 15 heavy (non-hydrogen) atoms. The molecule has 0 atom stereocenters. The van der Waals surface area contributed by atoms with Crippen molar-refractivity contribution >= 4 is 18.4 Å². The van der Waals surface area contributed by atoms with Gasteiger partial charge in [-0.15, -0.1) is 12.4 Å². The third-order valence-electron chi connectivity index (χ3n) is 1.49. The minimum absolute atomic E-state index is 0. The number of rotatable bonds is 0. The number of carbonyl (C=O) groups excluding carboxylic acids is 1. The number of nitrogens with zero attached hydrogens (tertiary/aromatic N) is 1. The molecule has 4 heteroatoms. The number of carboxylic acid groups (broad SMARTS) is 1. The molecular weight excluding hydrogens is 214 g/mol. The lowest BCUT2D eigenvalue weighted by atomic mass is 10.1. The lowest BCUT2D eigenvalue weighted by molar-refractivity contribution is -0.754. The normalized spacial score (nSPS) is 9.33. The zero-order valence-corrected chi connectivity index (χ0v) is 10.4. The molecule has 1 aromatic rings. The summed E-state index contributed by atoms with van der Waals surface area (Å²) in [5.74, 6) is -1.08. The number of aliphatic carboxylic acids is 1. The molecule has 0 saturated heterocycles. The molecule has 0 saturated carbocycles. The van der Waals surface area contributed by atoms with Crippen LogP contribution in [-0.4, -0.2) is 5.97 Å². The van der Waals surface area contributed by atoms with Gasteiger partial charge < -0.3 is 9.90 Å². The Morgan fingerprint density at radius 2 is 1.47 bits per heavy atom. The van der Waals surface area contributed by atoms with Crippen molar-refractivity contribution in [1.82, 2.24) is 0 Å². The van der Waals surface area contributed by atoms with Crippen LogP contribution in [0.1, 0.15) is 27.7 Å². The second-order valence-electron chi connectivity index (χ2n) is 3.95. The maximum Gasteiger partial charge on any atom is 0.169 e. The molecule has 0 fully saturated rings. The van der Waals surface area contributed by atoms with Crippen molar-refractivity contribution in [1.29, 1.82) is 0 Å². The van der Waals surface area contributed by atoms with Crippen molar-refractivity contribution in [3.63, 3.8) is 0 Å². The van der Waals surface area contributed by atoms with Gasteiger partial charge in [-0.25, -0.2) is 4.57 Å². The standard InChI is InChI=1S/C9H14N.C2H4O2.ClH/c1-9(2,3)10-7-5-4-6-8-10;1-2(3)4;/h4-8H,1-3H3;1H3,(H,3,4);1H/q+1;;/p-1. The van der Waals surface area contributed by atoms with Gasteiger partial charge >= 0.3 is 0 Å². The quantitative estimate of drug-likeness (QED) is 0.623. The van der Waals surface area contributed by atoms with Gasteiger partial charge in [0.15, 0.2) is 17.9 Å². The molecule has 3 nitrogen and oxygen atoms in total. The molecule has 0 unspecified atom stereocenters. The van der Waals surface area contributed by atoms with E-state index in [2.05, 4.69) is 37.7 Å². The largest absolute Gasteiger partial charge is 0.550 e. The summed E-state index contributed by atoms with van der Waals surface area (Å²) in [7, 11) is 0. The Morgan fingerprint density at radius 1 is 1.13 bits per heavy atom. The predicted molar refractivity (Wildman–Crippen MR) is 59.6 cm³/mol. The van der Waals surface area contributed by atoms with Crippen LogP contribution in [-0.2, 0) is 10.3 Å². The lowest BCUT2D eigenvalue weighted by Gasteiger charge is -2.11. The molecule has 0 N–H and O–H groups in total. The van der Waals surface area contributed by atoms with Gasteiger partial charge in [0.2, 0.25) is 0 Å². The lowest BCUT2D eigenvalue weighted by Crippen LogP contribution is -2.49. The average Bonchev–Trinajstić information content (AvgIpc) is 2.03. The van der Waals surface area contributed by atoms with E-state index in [0.717, 1.165) is 6.92 Å². The summed E-state index contributed by atoms with van der Waals surface area (Å²) in [6, 6.07) is 6.12. The minimum atomic E-state index is -1.08. The number of carboxylic acids is 1. The minimum Gasteiger partial charge on any atom is -0.550 e. The summed E-state index contributed by atoms with van der Waals surface area (Å²) >= 11 is 0. The van der Waals surface area contributed by atoms with Gasteiger partial charge in [0.25, 0.3) is 0 Å². The van der Waals surface area contributed by atoms with Crippen molar-refractivity contribution in [2.75, 3.05) is 0 Å². The van der Waals surface area contributed by atoms with Gasteiger partial charge in [-0.3, -0.25) is 0 Å². The first-order chi connectivity index (χ1) is 6.34. The summed E-state index contributed by atoms with van der Waals surface area (Å²) in [5.41, 5.74) is 0.210. The fourth-order valence-corrected chi connectivity index (χ4v) is 0.846. The Balaban J connectivity index is 0. The highest BCUT2D eigenvalue weighted by atomic mass is 35.5. The van der Waals surface area contributed by atoms with E-state index in [4.69, 9.17) is 9.90 Å². The molecule has 0 aliphatic rings. The van der Waals surface area contributed by atoms with Crippen LogP contribution in [0.4, 0.5) is 0 Å². The number of hydrogen-bond donors (Lipinski definition) is 0. The topological polar surface area (TPSA) is 44.0 Å². The van der Waals surface area contributed by atoms with Crippen molar-refractivity contribution in [2.24, 2.45) is 0 Å². The molecule has 0 aliphatic carbocycles. The number of carbonyl (C=O) groups is 1. The van der Waals surface area contributed by atoms with Crippen LogP contribution >= 0.6 is 12.4 Å². The highest BCUT2D eigenvalue weighted by Gasteiger charge is 2.19. The van der Waals surface area contributed by atoms with E-state index < -0.39 is 5.97 Å². The maximum atomic E-state index is 8.89. The van der Waals surface area contributed by atoms with Crippen LogP contribution in [0, 0.1) is 0 Å². The van der Waals surface area contributed by atoms with Gasteiger partial charge in [0, 0.05) is 38.9 Å². The van der Waals surface area contributed by atoms with E-state index in [1.807, 2.05) is 18.2 Å². The molecule has 0 aliphatic heterocycles. The van der Waals surface area contributed by atoms with E-state index in [0.29, 0.717) is 0 Å². The fraction of sp³-hybridized carbons (Fsp3) is 0.455. The number of hydrogen-bond acceptors (Lipinski definition) is 2. The summed E-state index contributed by atoms with van der Waals surface area (Å²) < 4.78 is 2.19. The van der Waals surface area contributed by atoms with Crippen molar-refractivity contribution in [2.45, 2.75) is 33.2 Å². The highest BCUT2D eigenvalue weighted by Crippen LogP contribution is 2.01. The Labute approximate surface area is 97.2 Å². The zero-order valence-electron chi connectivity index (χ0n) is 9.56. The molecule has 86 valence electrons. The SMILES string of the molecule is CC(=O)[O-].CC(C)(C)[n+]1ccccc1.Cl. The van der Waals surface area contributed by atoms with E-state index >= 15 is 0 Å². The smallest absolute Gasteiger partial charge is 0.169 e. The molecule has 1 aromatic heterocycles. The monoisotopic (exact) mass is 231 g/mol. The second-order valence-corrected chi connectivity index (χ2v) is 3.95. The molecule has 0 aromatic carbocycles. The molecule has 0 amide bonds. The average molecular weight is 232 g/mol. The first kappa shape index (κ1) is 16.3. The Morgan fingerprint density at radius 3 is 1.67 bits per heavy atom. The van der Waals surface area contributed by atoms with Gasteiger partial charge in [-0.1, -0.05) is 6.07 Å². The predicted octanol–water partition coefficient (Wildman–Crippen LogP) is 0.907. The summed E-state index contributed by atoms with van der Waals surface area (Å²) in [6.07, 6.45) is 4.17. The summed E-state index contributed by atoms with van der Waals surface area (Å²) in [6.45, 7) is 7.53. The van der Waals surface area contributed by atoms with Gasteiger partial charge in [-0.05, 0) is 6.92 Å². The zero-order chi connectivity index (χ0) is 11.2. The summed E-state index contributed by atoms with van der Waals surface area (Å²) in [5, 5.41) is 8.89. The van der Waals surface area contributed by atoms with Crippen LogP contribution in [0.3, 0.4) is 0 Å². The van der Waals surface area contributed by atoms with Crippen molar-refractivity contribution < 1.29 is 14.5 Å². The molecule has 1 rings (SSSR count). The third kappa shape index (κ3) is 9.22. The Bertz CT molecular complexity index is 276. The molecule has 0 spiro atoms.